The van der Waals surface area contributed by atoms with E-state index in [9.17, 15) is 4.79 Å². The predicted octanol–water partition coefficient (Wildman–Crippen LogP) is 5.55. The van der Waals surface area contributed by atoms with Crippen molar-refractivity contribution >= 4 is 22.7 Å². The summed E-state index contributed by atoms with van der Waals surface area (Å²) in [5, 5.41) is 1.33. The molecular weight excluding hydrogens is 328 g/mol. The van der Waals surface area contributed by atoms with Crippen molar-refractivity contribution in [2.45, 2.75) is 37.5 Å². The van der Waals surface area contributed by atoms with Gasteiger partial charge in [-0.25, -0.2) is 0 Å². The van der Waals surface area contributed by atoms with Crippen LogP contribution < -0.4 is 5.43 Å². The highest BCUT2D eigenvalue weighted by Crippen LogP contribution is 2.27. The third-order valence-corrected chi connectivity index (χ3v) is 5.04. The van der Waals surface area contributed by atoms with E-state index < -0.39 is 0 Å². The van der Waals surface area contributed by atoms with E-state index in [4.69, 9.17) is 4.42 Å². The average Bonchev–Trinajstić information content (AvgIpc) is 2.65. The molecule has 0 fully saturated rings. The van der Waals surface area contributed by atoms with Gasteiger partial charge in [-0.15, -0.1) is 0 Å². The summed E-state index contributed by atoms with van der Waals surface area (Å²) < 4.78 is 5.92. The third kappa shape index (κ3) is 4.15. The first-order valence-electron chi connectivity index (χ1n) is 8.42. The highest BCUT2D eigenvalue weighted by Gasteiger charge is 2.11. The number of thioether (sulfide) groups is 1. The smallest absolute Gasteiger partial charge is 0.196 e. The van der Waals surface area contributed by atoms with Gasteiger partial charge in [0.2, 0.25) is 0 Å². The van der Waals surface area contributed by atoms with Gasteiger partial charge >= 0.3 is 0 Å². The highest BCUT2D eigenvalue weighted by atomic mass is 32.2. The van der Waals surface area contributed by atoms with E-state index in [1.165, 1.54) is 5.56 Å². The Morgan fingerprint density at radius 1 is 1.08 bits per heavy atom. The van der Waals surface area contributed by atoms with Crippen molar-refractivity contribution in [1.29, 1.82) is 0 Å². The van der Waals surface area contributed by atoms with Gasteiger partial charge in [0.1, 0.15) is 5.58 Å². The van der Waals surface area contributed by atoms with Crippen LogP contribution in [0.1, 0.15) is 36.5 Å². The second-order valence-corrected chi connectivity index (χ2v) is 6.83. The van der Waals surface area contributed by atoms with Gasteiger partial charge in [0.15, 0.2) is 10.5 Å². The zero-order valence-corrected chi connectivity index (χ0v) is 15.3. The molecule has 2 nitrogen and oxygen atoms in total. The lowest BCUT2D eigenvalue weighted by Crippen LogP contribution is -2.06. The summed E-state index contributed by atoms with van der Waals surface area (Å²) in [7, 11) is 0. The van der Waals surface area contributed by atoms with Gasteiger partial charge in [0.25, 0.3) is 0 Å². The second kappa shape index (κ2) is 8.09. The quantitative estimate of drug-likeness (QED) is 0.458. The van der Waals surface area contributed by atoms with Crippen molar-refractivity contribution in [2.24, 2.45) is 0 Å². The number of hydrogen-bond acceptors (Lipinski definition) is 3. The van der Waals surface area contributed by atoms with Crippen LogP contribution in [-0.2, 0) is 5.75 Å². The number of fused-ring (bicyclic) bond motifs is 1. The molecule has 0 aliphatic carbocycles. The molecule has 3 heteroatoms. The van der Waals surface area contributed by atoms with E-state index in [2.05, 4.69) is 30.9 Å². The molecule has 0 unspecified atom stereocenters. The monoisotopic (exact) mass is 348 g/mol. The fourth-order valence-electron chi connectivity index (χ4n) is 2.47. The molecule has 0 bridgehead atoms. The molecule has 0 spiro atoms. The third-order valence-electron chi connectivity index (χ3n) is 3.91. The molecule has 1 aromatic heterocycles. The Morgan fingerprint density at radius 2 is 1.84 bits per heavy atom. The van der Waals surface area contributed by atoms with Gasteiger partial charge in [-0.2, -0.15) is 0 Å². The molecular formula is C22H20O2S. The van der Waals surface area contributed by atoms with Crippen LogP contribution in [0.5, 0.6) is 0 Å². The summed E-state index contributed by atoms with van der Waals surface area (Å²) in [5.41, 5.74) is 3.58. The molecule has 0 atom stereocenters. The lowest BCUT2D eigenvalue weighted by atomic mass is 10.1. The standard InChI is InChI=1S/C22H20O2S/c1-3-4-5-8-17-11-13-18(14-12-17)15-25-22-16(2)21(23)19-9-6-7-10-20(19)24-22/h6-7,9-14H,3-4,15H2,1-2H3. The summed E-state index contributed by atoms with van der Waals surface area (Å²) in [6.07, 6.45) is 2.01. The number of unbranched alkanes of at least 4 members (excludes halogenated alkanes) is 1. The van der Waals surface area contributed by atoms with Crippen LogP contribution in [0.4, 0.5) is 0 Å². The van der Waals surface area contributed by atoms with E-state index in [-0.39, 0.29) is 5.43 Å². The molecule has 3 aromatic rings. The first-order valence-corrected chi connectivity index (χ1v) is 9.40. The normalized spacial score (nSPS) is 10.5. The average molecular weight is 348 g/mol. The number of para-hydroxylation sites is 1. The number of rotatable bonds is 4. The van der Waals surface area contributed by atoms with Gasteiger partial charge in [-0.05, 0) is 43.2 Å². The van der Waals surface area contributed by atoms with Crippen LogP contribution in [0, 0.1) is 18.8 Å². The molecule has 3 rings (SSSR count). The SMILES string of the molecule is CCCC#Cc1ccc(CSc2oc3ccccc3c(=O)c2C)cc1. The second-order valence-electron chi connectivity index (χ2n) is 5.88. The lowest BCUT2D eigenvalue weighted by molar-refractivity contribution is 0.492. The van der Waals surface area contributed by atoms with Gasteiger partial charge < -0.3 is 4.42 Å². The molecule has 0 amide bonds. The summed E-state index contributed by atoms with van der Waals surface area (Å²) >= 11 is 1.55. The van der Waals surface area contributed by atoms with Crippen molar-refractivity contribution < 1.29 is 4.42 Å². The fraction of sp³-hybridized carbons (Fsp3) is 0.227. The van der Waals surface area contributed by atoms with Crippen LogP contribution >= 0.6 is 11.8 Å². The zero-order chi connectivity index (χ0) is 17.6. The molecule has 0 aliphatic heterocycles. The van der Waals surface area contributed by atoms with E-state index in [0.717, 1.165) is 24.2 Å². The molecule has 0 radical (unpaired) electrons. The van der Waals surface area contributed by atoms with Crippen LogP contribution in [-0.4, -0.2) is 0 Å². The van der Waals surface area contributed by atoms with Crippen LogP contribution in [0.3, 0.4) is 0 Å². The lowest BCUT2D eigenvalue weighted by Gasteiger charge is -2.06. The molecule has 126 valence electrons. The Morgan fingerprint density at radius 3 is 2.60 bits per heavy atom. The predicted molar refractivity (Wildman–Crippen MR) is 105 cm³/mol. The first-order chi connectivity index (χ1) is 12.2. The van der Waals surface area contributed by atoms with Crippen molar-refractivity contribution in [3.63, 3.8) is 0 Å². The van der Waals surface area contributed by atoms with Crippen LogP contribution in [0.2, 0.25) is 0 Å². The Kier molecular flexibility index (Phi) is 5.63. The molecule has 0 N–H and O–H groups in total. The highest BCUT2D eigenvalue weighted by molar-refractivity contribution is 7.98. The van der Waals surface area contributed by atoms with Crippen molar-refractivity contribution in [2.75, 3.05) is 0 Å². The van der Waals surface area contributed by atoms with Crippen LogP contribution in [0.25, 0.3) is 11.0 Å². The molecule has 0 saturated carbocycles. The van der Waals surface area contributed by atoms with E-state index >= 15 is 0 Å². The Hall–Kier alpha value is -2.44. The van der Waals surface area contributed by atoms with Crippen molar-refractivity contribution in [3.8, 4) is 11.8 Å². The molecule has 0 aliphatic rings. The topological polar surface area (TPSA) is 30.2 Å². The Balaban J connectivity index is 1.76. The Bertz CT molecular complexity index is 988. The summed E-state index contributed by atoms with van der Waals surface area (Å²) in [4.78, 5) is 12.4. The van der Waals surface area contributed by atoms with Crippen molar-refractivity contribution in [3.05, 3.63) is 75.4 Å². The summed E-state index contributed by atoms with van der Waals surface area (Å²) in [6, 6.07) is 15.6. The minimum atomic E-state index is 0.0471. The van der Waals surface area contributed by atoms with Gasteiger partial charge in [0.05, 0.1) is 5.39 Å². The Labute approximate surface area is 152 Å². The van der Waals surface area contributed by atoms with E-state index in [1.807, 2.05) is 37.3 Å². The molecule has 2 aromatic carbocycles. The van der Waals surface area contributed by atoms with Gasteiger partial charge in [-0.1, -0.05) is 54.8 Å². The fourth-order valence-corrected chi connectivity index (χ4v) is 3.42. The van der Waals surface area contributed by atoms with Gasteiger partial charge in [-0.3, -0.25) is 4.79 Å². The first kappa shape index (κ1) is 17.4. The minimum absolute atomic E-state index is 0.0471. The van der Waals surface area contributed by atoms with Gasteiger partial charge in [0, 0.05) is 23.3 Å². The summed E-state index contributed by atoms with van der Waals surface area (Å²) in [6.45, 7) is 3.95. The molecule has 25 heavy (non-hydrogen) atoms. The number of benzene rings is 2. The van der Waals surface area contributed by atoms with Crippen LogP contribution in [0.15, 0.2) is 62.8 Å². The van der Waals surface area contributed by atoms with Crippen molar-refractivity contribution in [1.82, 2.24) is 0 Å². The summed E-state index contributed by atoms with van der Waals surface area (Å²) in [5.74, 6) is 7.08. The molecule has 0 saturated heterocycles. The largest absolute Gasteiger partial charge is 0.449 e. The minimum Gasteiger partial charge on any atom is -0.449 e. The maximum absolute atomic E-state index is 12.4. The number of hydrogen-bond donors (Lipinski definition) is 0. The maximum atomic E-state index is 12.4. The molecule has 1 heterocycles. The maximum Gasteiger partial charge on any atom is 0.196 e. The van der Waals surface area contributed by atoms with E-state index in [0.29, 0.717) is 21.6 Å². The zero-order valence-electron chi connectivity index (χ0n) is 14.5. The van der Waals surface area contributed by atoms with E-state index in [1.54, 1.807) is 17.8 Å².